The predicted molar refractivity (Wildman–Crippen MR) is 120 cm³/mol. The quantitative estimate of drug-likeness (QED) is 0.647. The van der Waals surface area contributed by atoms with Crippen LogP contribution in [-0.4, -0.2) is 61.1 Å². The van der Waals surface area contributed by atoms with Crippen molar-refractivity contribution in [3.05, 3.63) is 41.0 Å². The molecule has 1 aliphatic carbocycles. The Morgan fingerprint density at radius 1 is 1.19 bits per heavy atom. The summed E-state index contributed by atoms with van der Waals surface area (Å²) >= 11 is 6.29. The molecule has 1 aliphatic heterocycles. The number of carbonyl (C=O) groups is 1. The summed E-state index contributed by atoms with van der Waals surface area (Å²) in [5, 5.41) is 7.65. The van der Waals surface area contributed by atoms with Gasteiger partial charge in [0.15, 0.2) is 0 Å². The zero-order chi connectivity index (χ0) is 22.0. The lowest BCUT2D eigenvalue weighted by atomic mass is 10.2. The van der Waals surface area contributed by atoms with E-state index < -0.39 is 10.0 Å². The van der Waals surface area contributed by atoms with Gasteiger partial charge in [0.05, 0.1) is 16.3 Å². The largest absolute Gasteiger partial charge is 0.368 e. The monoisotopic (exact) mass is 465 g/mol. The van der Waals surface area contributed by atoms with Crippen LogP contribution in [0.2, 0.25) is 5.02 Å². The first-order chi connectivity index (χ1) is 14.9. The molecule has 4 rings (SSSR count). The molecular weight excluding hydrogens is 438 g/mol. The van der Waals surface area contributed by atoms with E-state index in [-0.39, 0.29) is 16.5 Å². The first-order valence-electron chi connectivity index (χ1n) is 10.8. The number of nitrogens with one attached hydrogen (secondary N) is 1. The molecule has 2 fully saturated rings. The molecule has 1 amide bonds. The molecule has 1 saturated carbocycles. The Hall–Kier alpha value is -2.10. The summed E-state index contributed by atoms with van der Waals surface area (Å²) in [5.41, 5.74) is 1.02. The molecule has 1 N–H and O–H groups in total. The maximum Gasteiger partial charge on any atom is 0.263 e. The van der Waals surface area contributed by atoms with Crippen molar-refractivity contribution >= 4 is 33.2 Å². The van der Waals surface area contributed by atoms with Crippen molar-refractivity contribution in [3.63, 3.8) is 0 Å². The van der Waals surface area contributed by atoms with Gasteiger partial charge in [0.1, 0.15) is 0 Å². The van der Waals surface area contributed by atoms with Gasteiger partial charge in [-0.15, -0.1) is 0 Å². The molecule has 0 atom stereocenters. The van der Waals surface area contributed by atoms with Crippen LogP contribution in [0.4, 0.5) is 5.69 Å². The van der Waals surface area contributed by atoms with Crippen LogP contribution in [0.15, 0.2) is 35.5 Å². The van der Waals surface area contributed by atoms with E-state index in [9.17, 15) is 13.2 Å². The highest BCUT2D eigenvalue weighted by molar-refractivity contribution is 7.89. The van der Waals surface area contributed by atoms with Gasteiger partial charge in [-0.2, -0.15) is 9.40 Å². The average Bonchev–Trinajstić information content (AvgIpc) is 3.50. The first-order valence-corrected chi connectivity index (χ1v) is 12.6. The second kappa shape index (κ2) is 9.18. The minimum Gasteiger partial charge on any atom is -0.368 e. The summed E-state index contributed by atoms with van der Waals surface area (Å²) in [6.45, 7) is 4.75. The van der Waals surface area contributed by atoms with Crippen molar-refractivity contribution in [1.29, 1.82) is 0 Å². The van der Waals surface area contributed by atoms with Gasteiger partial charge in [0.25, 0.3) is 15.9 Å². The number of aromatic nitrogens is 2. The minimum absolute atomic E-state index is 0.127. The van der Waals surface area contributed by atoms with Gasteiger partial charge in [-0.25, -0.2) is 8.42 Å². The van der Waals surface area contributed by atoms with Crippen molar-refractivity contribution in [2.45, 2.75) is 37.8 Å². The smallest absolute Gasteiger partial charge is 0.263 e. The number of hydrogen-bond donors (Lipinski definition) is 1. The summed E-state index contributed by atoms with van der Waals surface area (Å²) in [7, 11) is -3.89. The Labute approximate surface area is 188 Å². The number of anilines is 1. The number of carbonyl (C=O) groups excluding carboxylic acids is 1. The third kappa shape index (κ3) is 4.88. The Kier molecular flexibility index (Phi) is 6.55. The molecule has 0 bridgehead atoms. The minimum atomic E-state index is -3.89. The van der Waals surface area contributed by atoms with Crippen molar-refractivity contribution in [2.75, 3.05) is 37.6 Å². The molecule has 2 heterocycles. The molecule has 0 spiro atoms. The summed E-state index contributed by atoms with van der Waals surface area (Å²) in [4.78, 5) is 14.8. The van der Waals surface area contributed by atoms with Crippen LogP contribution in [0.5, 0.6) is 0 Å². The van der Waals surface area contributed by atoms with E-state index in [0.29, 0.717) is 50.2 Å². The molecule has 1 aromatic carbocycles. The second-order valence-electron chi connectivity index (χ2n) is 8.11. The second-order valence-corrected chi connectivity index (χ2v) is 10.4. The summed E-state index contributed by atoms with van der Waals surface area (Å²) in [6.07, 6.45) is 4.56. The van der Waals surface area contributed by atoms with Gasteiger partial charge in [-0.05, 0) is 37.3 Å². The Balaban J connectivity index is 1.52. The highest BCUT2D eigenvalue weighted by Gasteiger charge is 2.35. The first kappa shape index (κ1) is 22.1. The molecule has 2 aromatic rings. The number of benzene rings is 1. The van der Waals surface area contributed by atoms with Crippen LogP contribution < -0.4 is 10.2 Å². The zero-order valence-corrected chi connectivity index (χ0v) is 19.2. The van der Waals surface area contributed by atoms with Crippen LogP contribution in [0.25, 0.3) is 0 Å². The van der Waals surface area contributed by atoms with Gasteiger partial charge >= 0.3 is 0 Å². The van der Waals surface area contributed by atoms with E-state index in [1.54, 1.807) is 10.9 Å². The van der Waals surface area contributed by atoms with Crippen LogP contribution in [0.3, 0.4) is 0 Å². The van der Waals surface area contributed by atoms with Crippen LogP contribution in [0.1, 0.15) is 36.5 Å². The number of amides is 1. The number of sulfonamides is 1. The number of para-hydroxylation sites is 1. The zero-order valence-electron chi connectivity index (χ0n) is 17.6. The normalized spacial score (nSPS) is 17.7. The van der Waals surface area contributed by atoms with Gasteiger partial charge in [0, 0.05) is 45.5 Å². The molecular formula is C21H28ClN5O3S. The molecule has 1 aromatic heterocycles. The molecule has 31 heavy (non-hydrogen) atoms. The molecule has 10 heteroatoms. The molecule has 1 saturated heterocycles. The Morgan fingerprint density at radius 3 is 2.55 bits per heavy atom. The fourth-order valence-corrected chi connectivity index (χ4v) is 5.52. The maximum atomic E-state index is 13.4. The van der Waals surface area contributed by atoms with Gasteiger partial charge in [0.2, 0.25) is 5.03 Å². The lowest BCUT2D eigenvalue weighted by molar-refractivity contribution is 0.0948. The number of aryl methyl sites for hydroxylation is 1. The number of rotatable bonds is 8. The number of hydrogen-bond acceptors (Lipinski definition) is 5. The summed E-state index contributed by atoms with van der Waals surface area (Å²) in [5.74, 6) is 0.134. The fourth-order valence-electron chi connectivity index (χ4n) is 3.75. The van der Waals surface area contributed by atoms with Crippen LogP contribution in [0, 0.1) is 5.92 Å². The predicted octanol–water partition coefficient (Wildman–Crippen LogP) is 2.60. The molecule has 8 nitrogen and oxygen atoms in total. The van der Waals surface area contributed by atoms with E-state index in [2.05, 4.69) is 15.3 Å². The average molecular weight is 466 g/mol. The Bertz CT molecular complexity index is 1040. The van der Waals surface area contributed by atoms with E-state index in [4.69, 9.17) is 11.6 Å². The van der Waals surface area contributed by atoms with Crippen LogP contribution >= 0.6 is 11.6 Å². The van der Waals surface area contributed by atoms with E-state index >= 15 is 0 Å². The lowest BCUT2D eigenvalue weighted by Crippen LogP contribution is -2.49. The number of piperazine rings is 1. The van der Waals surface area contributed by atoms with E-state index in [0.717, 1.165) is 24.9 Å². The van der Waals surface area contributed by atoms with E-state index in [1.165, 1.54) is 4.31 Å². The topological polar surface area (TPSA) is 87.5 Å². The molecule has 2 aliphatic rings. The van der Waals surface area contributed by atoms with E-state index in [1.807, 2.05) is 31.2 Å². The third-order valence-electron chi connectivity index (χ3n) is 5.69. The standard InChI is InChI=1S/C21H28ClN5O3S/c1-2-9-26-15-17(20(28)23-14-16-7-8-16)21(24-26)31(29,30)27-12-10-25(11-13-27)19-6-4-3-5-18(19)22/h3-6,15-16H,2,7-14H2,1H3,(H,23,28). The highest BCUT2D eigenvalue weighted by atomic mass is 35.5. The fraction of sp³-hybridized carbons (Fsp3) is 0.524. The number of nitrogens with zero attached hydrogens (tertiary/aromatic N) is 4. The van der Waals surface area contributed by atoms with Crippen LogP contribution in [-0.2, 0) is 16.6 Å². The van der Waals surface area contributed by atoms with Gasteiger partial charge < -0.3 is 10.2 Å². The summed E-state index contributed by atoms with van der Waals surface area (Å²) < 4.78 is 29.8. The Morgan fingerprint density at radius 2 is 1.90 bits per heavy atom. The van der Waals surface area contributed by atoms with Crippen molar-refractivity contribution in [2.24, 2.45) is 5.92 Å². The molecule has 0 unspecified atom stereocenters. The SMILES string of the molecule is CCCn1cc(C(=O)NCC2CC2)c(S(=O)(=O)N2CCN(c3ccccc3Cl)CC2)n1. The van der Waals surface area contributed by atoms with Crippen molar-refractivity contribution < 1.29 is 13.2 Å². The third-order valence-corrected chi connectivity index (χ3v) is 7.84. The lowest BCUT2D eigenvalue weighted by Gasteiger charge is -2.35. The van der Waals surface area contributed by atoms with Gasteiger partial charge in [-0.3, -0.25) is 9.48 Å². The van der Waals surface area contributed by atoms with Crippen molar-refractivity contribution in [1.82, 2.24) is 19.4 Å². The van der Waals surface area contributed by atoms with Gasteiger partial charge in [-0.1, -0.05) is 30.7 Å². The highest BCUT2D eigenvalue weighted by Crippen LogP contribution is 2.29. The maximum absolute atomic E-state index is 13.4. The summed E-state index contributed by atoms with van der Waals surface area (Å²) in [6, 6.07) is 7.54. The molecule has 168 valence electrons. The van der Waals surface area contributed by atoms with Crippen molar-refractivity contribution in [3.8, 4) is 0 Å². The molecule has 0 radical (unpaired) electrons. The number of halogens is 1.